The maximum atomic E-state index is 13.2. The Bertz CT molecular complexity index is 1250. The van der Waals surface area contributed by atoms with Crippen LogP contribution in [0.3, 0.4) is 0 Å². The summed E-state index contributed by atoms with van der Waals surface area (Å²) >= 11 is 0. The Labute approximate surface area is 224 Å². The van der Waals surface area contributed by atoms with E-state index >= 15 is 0 Å². The van der Waals surface area contributed by atoms with Gasteiger partial charge >= 0.3 is 6.18 Å². The molecule has 5 heterocycles. The van der Waals surface area contributed by atoms with Crippen LogP contribution in [0.2, 0.25) is 0 Å². The monoisotopic (exact) mass is 549 g/mol. The lowest BCUT2D eigenvalue weighted by Gasteiger charge is -2.31. The Morgan fingerprint density at radius 1 is 1.15 bits per heavy atom. The van der Waals surface area contributed by atoms with Crippen molar-refractivity contribution in [2.45, 2.75) is 69.2 Å². The van der Waals surface area contributed by atoms with Gasteiger partial charge in [-0.1, -0.05) is 0 Å². The van der Waals surface area contributed by atoms with Crippen molar-refractivity contribution >= 4 is 5.91 Å². The molecule has 212 valence electrons. The number of rotatable bonds is 6. The van der Waals surface area contributed by atoms with Crippen LogP contribution in [-0.4, -0.2) is 82.8 Å². The Kier molecular flexibility index (Phi) is 7.30. The summed E-state index contributed by atoms with van der Waals surface area (Å²) in [5.74, 6) is -0.197. The standard InChI is InChI=1S/C27H34F3N5O4/c28-27(29,30)18-11-20-13-33(7-8-35(20)25(37)12-18)16-24(36)32-21-14-34(19-4-9-38-10-5-19)15-23(21)39-22-2-1-17-3-6-31-26(17)22/h3,6,11-12,19,21-23,31H,1-2,4-5,7-10,13-16H2,(H,32,36)/t21?,22?,23-/m0/s1. The number of amides is 1. The van der Waals surface area contributed by atoms with E-state index in [1.807, 2.05) is 6.20 Å². The van der Waals surface area contributed by atoms with Crippen LogP contribution in [0.25, 0.3) is 0 Å². The van der Waals surface area contributed by atoms with Crippen molar-refractivity contribution in [3.8, 4) is 0 Å². The van der Waals surface area contributed by atoms with Crippen molar-refractivity contribution in [2.75, 3.05) is 39.4 Å². The van der Waals surface area contributed by atoms with Gasteiger partial charge < -0.3 is 24.3 Å². The predicted octanol–water partition coefficient (Wildman–Crippen LogP) is 2.06. The Morgan fingerprint density at radius 2 is 1.97 bits per heavy atom. The van der Waals surface area contributed by atoms with E-state index in [2.05, 4.69) is 21.3 Å². The summed E-state index contributed by atoms with van der Waals surface area (Å²) in [6, 6.07) is 3.92. The number of likely N-dealkylation sites (tertiary alicyclic amines) is 1. The molecule has 0 radical (unpaired) electrons. The largest absolute Gasteiger partial charge is 0.416 e. The number of nitrogens with one attached hydrogen (secondary N) is 2. The van der Waals surface area contributed by atoms with Gasteiger partial charge in [0.25, 0.3) is 5.56 Å². The summed E-state index contributed by atoms with van der Waals surface area (Å²) in [4.78, 5) is 32.9. The highest BCUT2D eigenvalue weighted by atomic mass is 19.4. The van der Waals surface area contributed by atoms with Crippen molar-refractivity contribution in [1.29, 1.82) is 0 Å². The lowest BCUT2D eigenvalue weighted by Crippen LogP contribution is -2.49. The fourth-order valence-electron chi connectivity index (χ4n) is 6.48. The number of alkyl halides is 3. The van der Waals surface area contributed by atoms with Gasteiger partial charge in [-0.15, -0.1) is 0 Å². The molecule has 2 aromatic heterocycles. The number of aromatic amines is 1. The Balaban J connectivity index is 1.12. The minimum absolute atomic E-state index is 0.0335. The average Bonchev–Trinajstić information content (AvgIpc) is 3.62. The van der Waals surface area contributed by atoms with Gasteiger partial charge in [0, 0.05) is 75.6 Å². The second-order valence-electron chi connectivity index (χ2n) is 11.0. The molecule has 2 saturated heterocycles. The molecule has 1 amide bonds. The lowest BCUT2D eigenvalue weighted by molar-refractivity contribution is -0.138. The highest BCUT2D eigenvalue weighted by Gasteiger charge is 2.41. The SMILES string of the molecule is O=C(CN1CCn2c(cc(C(F)(F)F)cc2=O)C1)NC1CN(C2CCOCC2)C[C@@H]1OC1CCc2cc[nH]c21. The normalized spacial score (nSPS) is 26.5. The minimum atomic E-state index is -4.59. The summed E-state index contributed by atoms with van der Waals surface area (Å²) in [7, 11) is 0. The third-order valence-corrected chi connectivity index (χ3v) is 8.49. The van der Waals surface area contributed by atoms with Crippen LogP contribution in [0.15, 0.2) is 29.2 Å². The van der Waals surface area contributed by atoms with E-state index in [4.69, 9.17) is 9.47 Å². The molecule has 12 heteroatoms. The molecule has 4 aliphatic rings. The molecule has 2 N–H and O–H groups in total. The first-order valence-electron chi connectivity index (χ1n) is 13.7. The number of nitrogens with zero attached hydrogens (tertiary/aromatic N) is 3. The third-order valence-electron chi connectivity index (χ3n) is 8.49. The molecule has 0 spiro atoms. The van der Waals surface area contributed by atoms with Gasteiger partial charge in [0.15, 0.2) is 0 Å². The molecule has 2 unspecified atom stereocenters. The number of H-pyrrole nitrogens is 1. The number of halogens is 3. The van der Waals surface area contributed by atoms with E-state index in [0.29, 0.717) is 25.2 Å². The number of pyridine rings is 1. The van der Waals surface area contributed by atoms with Gasteiger partial charge in [0.05, 0.1) is 30.4 Å². The van der Waals surface area contributed by atoms with E-state index in [-0.39, 0.29) is 49.5 Å². The van der Waals surface area contributed by atoms with Crippen molar-refractivity contribution in [3.63, 3.8) is 0 Å². The van der Waals surface area contributed by atoms with Crippen LogP contribution >= 0.6 is 0 Å². The number of aromatic nitrogens is 2. The minimum Gasteiger partial charge on any atom is -0.381 e. The van der Waals surface area contributed by atoms with E-state index in [0.717, 1.165) is 57.2 Å². The van der Waals surface area contributed by atoms with Crippen molar-refractivity contribution in [1.82, 2.24) is 24.7 Å². The van der Waals surface area contributed by atoms with Crippen LogP contribution in [0.1, 0.15) is 47.9 Å². The summed E-state index contributed by atoms with van der Waals surface area (Å²) < 4.78 is 53.2. The number of ether oxygens (including phenoxy) is 2. The van der Waals surface area contributed by atoms with Gasteiger partial charge in [-0.25, -0.2) is 0 Å². The average molecular weight is 550 g/mol. The van der Waals surface area contributed by atoms with Gasteiger partial charge in [-0.05, 0) is 43.4 Å². The summed E-state index contributed by atoms with van der Waals surface area (Å²) in [5.41, 5.74) is 1.04. The molecule has 2 aromatic rings. The topological polar surface area (TPSA) is 91.8 Å². The molecular formula is C27H34F3N5O4. The molecule has 3 aliphatic heterocycles. The molecule has 3 atom stereocenters. The van der Waals surface area contributed by atoms with Gasteiger partial charge in [-0.3, -0.25) is 19.4 Å². The number of carbonyl (C=O) groups excluding carboxylic acids is 1. The molecule has 2 fully saturated rings. The van der Waals surface area contributed by atoms with E-state index in [9.17, 15) is 22.8 Å². The second-order valence-corrected chi connectivity index (χ2v) is 11.0. The number of hydrogen-bond acceptors (Lipinski definition) is 6. The maximum Gasteiger partial charge on any atom is 0.416 e. The van der Waals surface area contributed by atoms with Crippen LogP contribution < -0.4 is 10.9 Å². The second kappa shape index (κ2) is 10.7. The number of carbonyl (C=O) groups is 1. The van der Waals surface area contributed by atoms with Gasteiger partial charge in [-0.2, -0.15) is 13.2 Å². The van der Waals surface area contributed by atoms with E-state index in [1.54, 1.807) is 4.90 Å². The van der Waals surface area contributed by atoms with Crippen LogP contribution in [-0.2, 0) is 40.0 Å². The number of hydrogen-bond donors (Lipinski definition) is 2. The molecule has 0 aromatic carbocycles. The smallest absolute Gasteiger partial charge is 0.381 e. The highest BCUT2D eigenvalue weighted by molar-refractivity contribution is 5.78. The zero-order valence-corrected chi connectivity index (χ0v) is 21.7. The van der Waals surface area contributed by atoms with E-state index in [1.165, 1.54) is 10.1 Å². The quantitative estimate of drug-likeness (QED) is 0.574. The number of aryl methyl sites for hydroxylation is 1. The summed E-state index contributed by atoms with van der Waals surface area (Å²) in [6.45, 7) is 3.65. The zero-order valence-electron chi connectivity index (χ0n) is 21.7. The van der Waals surface area contributed by atoms with Crippen molar-refractivity contribution < 1.29 is 27.4 Å². The molecule has 39 heavy (non-hydrogen) atoms. The first-order chi connectivity index (χ1) is 18.7. The molecule has 0 bridgehead atoms. The van der Waals surface area contributed by atoms with Crippen LogP contribution in [0.5, 0.6) is 0 Å². The van der Waals surface area contributed by atoms with Crippen molar-refractivity contribution in [2.24, 2.45) is 0 Å². The van der Waals surface area contributed by atoms with Gasteiger partial charge in [0.2, 0.25) is 5.91 Å². The molecule has 0 saturated carbocycles. The molecule has 9 nitrogen and oxygen atoms in total. The highest BCUT2D eigenvalue weighted by Crippen LogP contribution is 2.36. The van der Waals surface area contributed by atoms with Gasteiger partial charge in [0.1, 0.15) is 0 Å². The number of fused-ring (bicyclic) bond motifs is 2. The Morgan fingerprint density at radius 3 is 2.77 bits per heavy atom. The molecular weight excluding hydrogens is 515 g/mol. The lowest BCUT2D eigenvalue weighted by atomic mass is 10.1. The first-order valence-corrected chi connectivity index (χ1v) is 13.7. The molecule has 1 aliphatic carbocycles. The summed E-state index contributed by atoms with van der Waals surface area (Å²) in [6.07, 6.45) is 0.900. The Hall–Kier alpha value is -2.67. The maximum absolute atomic E-state index is 13.2. The summed E-state index contributed by atoms with van der Waals surface area (Å²) in [5, 5.41) is 3.17. The fourth-order valence-corrected chi connectivity index (χ4v) is 6.48. The van der Waals surface area contributed by atoms with Crippen LogP contribution in [0.4, 0.5) is 13.2 Å². The van der Waals surface area contributed by atoms with Crippen molar-refractivity contribution in [3.05, 3.63) is 57.3 Å². The first kappa shape index (κ1) is 26.5. The van der Waals surface area contributed by atoms with Crippen LogP contribution in [0, 0.1) is 0 Å². The van der Waals surface area contributed by atoms with E-state index < -0.39 is 17.3 Å². The zero-order chi connectivity index (χ0) is 27.1. The predicted molar refractivity (Wildman–Crippen MR) is 135 cm³/mol. The molecule has 6 rings (SSSR count). The third kappa shape index (κ3) is 5.65. The fraction of sp³-hybridized carbons (Fsp3) is 0.630.